The predicted molar refractivity (Wildman–Crippen MR) is 87.5 cm³/mol. The van der Waals surface area contributed by atoms with Gasteiger partial charge in [-0.3, -0.25) is 0 Å². The maximum atomic E-state index is 13.1. The minimum atomic E-state index is -0.482. The minimum absolute atomic E-state index is 0.0951. The van der Waals surface area contributed by atoms with Crippen LogP contribution in [0.15, 0.2) is 18.2 Å². The average molecular weight is 314 g/mol. The number of benzene rings is 1. The average Bonchev–Trinajstić information content (AvgIpc) is 2.46. The molecule has 0 saturated carbocycles. The second kappa shape index (κ2) is 9.31. The van der Waals surface area contributed by atoms with Gasteiger partial charge in [0.1, 0.15) is 22.1 Å². The van der Waals surface area contributed by atoms with Crippen LogP contribution in [-0.4, -0.2) is 16.1 Å². The SMILES string of the molecule is CCC(CC)(CCCCCCc1cc(F)cc(F)c1)O[SiH3]. The molecule has 1 nitrogen and oxygen atoms in total. The Balaban J connectivity index is 2.23. The second-order valence-electron chi connectivity index (χ2n) is 5.79. The van der Waals surface area contributed by atoms with Crippen LogP contribution in [0.2, 0.25) is 0 Å². The summed E-state index contributed by atoms with van der Waals surface area (Å²) in [6, 6.07) is 3.78. The monoisotopic (exact) mass is 314 g/mol. The Kier molecular flexibility index (Phi) is 8.12. The number of hydrogen-bond acceptors (Lipinski definition) is 1. The quantitative estimate of drug-likeness (QED) is 0.462. The molecule has 1 aromatic rings. The molecule has 0 unspecified atom stereocenters. The van der Waals surface area contributed by atoms with E-state index in [9.17, 15) is 8.78 Å². The molecule has 120 valence electrons. The lowest BCUT2D eigenvalue weighted by atomic mass is 9.90. The number of hydrogen-bond donors (Lipinski definition) is 0. The summed E-state index contributed by atoms with van der Waals surface area (Å²) in [5.41, 5.74) is 0.851. The number of unbranched alkanes of at least 4 members (excludes halogenated alkanes) is 3. The topological polar surface area (TPSA) is 9.23 Å². The van der Waals surface area contributed by atoms with Crippen LogP contribution in [0.4, 0.5) is 8.78 Å². The van der Waals surface area contributed by atoms with Crippen LogP contribution in [0, 0.1) is 11.6 Å². The Bertz CT molecular complexity index is 391. The standard InChI is InChI=1S/C17H28F2OSi/c1-3-17(4-2,20-21)10-8-6-5-7-9-14-11-15(18)13-16(19)12-14/h11-13H,3-10H2,1-2,21H3. The zero-order valence-corrected chi connectivity index (χ0v) is 15.6. The van der Waals surface area contributed by atoms with Crippen LogP contribution < -0.4 is 0 Å². The van der Waals surface area contributed by atoms with Gasteiger partial charge in [0.25, 0.3) is 0 Å². The molecule has 0 spiro atoms. The Morgan fingerprint density at radius 2 is 1.52 bits per heavy atom. The van der Waals surface area contributed by atoms with Crippen molar-refractivity contribution in [3.05, 3.63) is 35.4 Å². The van der Waals surface area contributed by atoms with Gasteiger partial charge in [0.2, 0.25) is 0 Å². The summed E-state index contributed by atoms with van der Waals surface area (Å²) in [5.74, 6) is -0.963. The van der Waals surface area contributed by atoms with Crippen molar-refractivity contribution in [2.75, 3.05) is 0 Å². The van der Waals surface area contributed by atoms with Gasteiger partial charge in [0, 0.05) is 6.07 Å². The van der Waals surface area contributed by atoms with E-state index in [0.29, 0.717) is 0 Å². The van der Waals surface area contributed by atoms with Gasteiger partial charge in [-0.1, -0.05) is 33.1 Å². The highest BCUT2D eigenvalue weighted by Crippen LogP contribution is 2.26. The van der Waals surface area contributed by atoms with Gasteiger partial charge >= 0.3 is 0 Å². The van der Waals surface area contributed by atoms with Crippen LogP contribution in [0.1, 0.15) is 64.4 Å². The molecule has 4 heteroatoms. The first kappa shape index (κ1) is 18.3. The number of halogens is 2. The van der Waals surface area contributed by atoms with Crippen molar-refractivity contribution >= 4 is 10.5 Å². The third-order valence-electron chi connectivity index (χ3n) is 4.49. The smallest absolute Gasteiger partial charge is 0.146 e. The second-order valence-corrected chi connectivity index (χ2v) is 6.19. The zero-order chi connectivity index (χ0) is 15.7. The molecule has 1 rings (SSSR count). The maximum absolute atomic E-state index is 13.1. The molecule has 0 N–H and O–H groups in total. The molecule has 0 bridgehead atoms. The Hall–Kier alpha value is -0.743. The molecule has 0 atom stereocenters. The molecular weight excluding hydrogens is 286 g/mol. The highest BCUT2D eigenvalue weighted by atomic mass is 28.2. The van der Waals surface area contributed by atoms with E-state index in [1.54, 1.807) is 0 Å². The van der Waals surface area contributed by atoms with Crippen molar-refractivity contribution < 1.29 is 13.2 Å². The lowest BCUT2D eigenvalue weighted by Crippen LogP contribution is -2.30. The van der Waals surface area contributed by atoms with Crippen LogP contribution in [0.25, 0.3) is 0 Å². The fourth-order valence-electron chi connectivity index (χ4n) is 2.88. The van der Waals surface area contributed by atoms with Gasteiger partial charge in [-0.25, -0.2) is 8.78 Å². The van der Waals surface area contributed by atoms with E-state index in [1.165, 1.54) is 18.6 Å². The van der Waals surface area contributed by atoms with Crippen molar-refractivity contribution in [1.82, 2.24) is 0 Å². The van der Waals surface area contributed by atoms with Crippen molar-refractivity contribution in [3.63, 3.8) is 0 Å². The number of aryl methyl sites for hydroxylation is 1. The van der Waals surface area contributed by atoms with Gasteiger partial charge in [-0.2, -0.15) is 0 Å². The van der Waals surface area contributed by atoms with Gasteiger partial charge in [0.15, 0.2) is 0 Å². The first-order valence-electron chi connectivity index (χ1n) is 8.05. The van der Waals surface area contributed by atoms with Crippen LogP contribution >= 0.6 is 0 Å². The van der Waals surface area contributed by atoms with Crippen molar-refractivity contribution in [2.24, 2.45) is 0 Å². The summed E-state index contributed by atoms with van der Waals surface area (Å²) in [7, 11) is 0.795. The fraction of sp³-hybridized carbons (Fsp3) is 0.647. The molecule has 0 radical (unpaired) electrons. The van der Waals surface area contributed by atoms with E-state index >= 15 is 0 Å². The van der Waals surface area contributed by atoms with E-state index in [0.717, 1.165) is 67.1 Å². The third-order valence-corrected chi connectivity index (χ3v) is 5.36. The van der Waals surface area contributed by atoms with Crippen molar-refractivity contribution in [2.45, 2.75) is 70.8 Å². The van der Waals surface area contributed by atoms with Crippen LogP contribution in [0.5, 0.6) is 0 Å². The predicted octanol–water partition coefficient (Wildman–Crippen LogP) is 4.31. The fourth-order valence-corrected chi connectivity index (χ4v) is 3.66. The van der Waals surface area contributed by atoms with Gasteiger partial charge in [0.05, 0.1) is 5.60 Å². The zero-order valence-electron chi connectivity index (χ0n) is 13.6. The highest BCUT2D eigenvalue weighted by Gasteiger charge is 2.23. The molecule has 0 heterocycles. The molecule has 0 aromatic heterocycles. The Morgan fingerprint density at radius 1 is 0.952 bits per heavy atom. The van der Waals surface area contributed by atoms with Crippen molar-refractivity contribution in [3.8, 4) is 0 Å². The molecule has 0 aliphatic rings. The minimum Gasteiger partial charge on any atom is -0.422 e. The summed E-state index contributed by atoms with van der Waals surface area (Å²) in [5, 5.41) is 0. The molecule has 0 aliphatic carbocycles. The molecule has 1 aromatic carbocycles. The number of rotatable bonds is 10. The molecule has 0 saturated heterocycles. The van der Waals surface area contributed by atoms with Crippen LogP contribution in [-0.2, 0) is 10.8 Å². The van der Waals surface area contributed by atoms with Crippen molar-refractivity contribution in [1.29, 1.82) is 0 Å². The highest BCUT2D eigenvalue weighted by molar-refractivity contribution is 5.98. The first-order chi connectivity index (χ1) is 10.0. The normalized spacial score (nSPS) is 12.0. The Labute approximate surface area is 130 Å². The summed E-state index contributed by atoms with van der Waals surface area (Å²) in [6.07, 6.45) is 8.44. The van der Waals surface area contributed by atoms with Gasteiger partial charge in [-0.15, -0.1) is 0 Å². The largest absolute Gasteiger partial charge is 0.422 e. The summed E-state index contributed by atoms with van der Waals surface area (Å²) < 4.78 is 31.9. The van der Waals surface area contributed by atoms with E-state index in [1.807, 2.05) is 0 Å². The van der Waals surface area contributed by atoms with E-state index in [2.05, 4.69) is 13.8 Å². The molecule has 0 aliphatic heterocycles. The lowest BCUT2D eigenvalue weighted by molar-refractivity contribution is 0.0583. The van der Waals surface area contributed by atoms with Gasteiger partial charge in [-0.05, 0) is 49.8 Å². The van der Waals surface area contributed by atoms with Gasteiger partial charge < -0.3 is 4.43 Å². The maximum Gasteiger partial charge on any atom is 0.146 e. The molecular formula is C17H28F2OSi. The lowest BCUT2D eigenvalue weighted by Gasteiger charge is -2.31. The molecule has 0 amide bonds. The third kappa shape index (κ3) is 6.26. The molecule has 21 heavy (non-hydrogen) atoms. The van der Waals surface area contributed by atoms with E-state index in [4.69, 9.17) is 4.43 Å². The summed E-state index contributed by atoms with van der Waals surface area (Å²) in [4.78, 5) is 0. The van der Waals surface area contributed by atoms with Crippen LogP contribution in [0.3, 0.4) is 0 Å². The summed E-state index contributed by atoms with van der Waals surface area (Å²) >= 11 is 0. The Morgan fingerprint density at radius 3 is 2.05 bits per heavy atom. The molecule has 0 fully saturated rings. The first-order valence-corrected chi connectivity index (χ1v) is 8.87. The summed E-state index contributed by atoms with van der Waals surface area (Å²) in [6.45, 7) is 4.39. The van der Waals surface area contributed by atoms with E-state index < -0.39 is 11.6 Å². The van der Waals surface area contributed by atoms with E-state index in [-0.39, 0.29) is 5.60 Å².